The van der Waals surface area contributed by atoms with Crippen LogP contribution >= 0.6 is 34.7 Å². The maximum Gasteiger partial charge on any atom is 0.230 e. The Kier molecular flexibility index (Phi) is 6.84. The van der Waals surface area contributed by atoms with Crippen LogP contribution in [0.25, 0.3) is 5.69 Å². The number of carbonyl (C=O) groups excluding carboxylic acids is 1. The first kappa shape index (κ1) is 20.7. The van der Waals surface area contributed by atoms with Gasteiger partial charge in [0.05, 0.1) is 12.3 Å². The van der Waals surface area contributed by atoms with Crippen LogP contribution in [0.4, 0.5) is 0 Å². The van der Waals surface area contributed by atoms with E-state index in [-0.39, 0.29) is 11.7 Å². The highest BCUT2D eigenvalue weighted by Gasteiger charge is 2.16. The van der Waals surface area contributed by atoms with Crippen molar-refractivity contribution in [3.05, 3.63) is 93.4 Å². The van der Waals surface area contributed by atoms with Crippen molar-refractivity contribution in [1.29, 1.82) is 0 Å². The Labute approximate surface area is 188 Å². The number of halogens is 1. The van der Waals surface area contributed by atoms with Crippen molar-refractivity contribution in [2.75, 3.05) is 5.75 Å². The highest BCUT2D eigenvalue weighted by atomic mass is 35.5. The van der Waals surface area contributed by atoms with Crippen molar-refractivity contribution in [3.8, 4) is 5.69 Å². The largest absolute Gasteiger partial charge is 0.350 e. The van der Waals surface area contributed by atoms with Crippen LogP contribution in [-0.4, -0.2) is 26.4 Å². The van der Waals surface area contributed by atoms with E-state index < -0.39 is 0 Å². The summed E-state index contributed by atoms with van der Waals surface area (Å²) in [7, 11) is 0. The Hall–Kier alpha value is -2.61. The van der Waals surface area contributed by atoms with Gasteiger partial charge in [-0.1, -0.05) is 59.8 Å². The number of carbonyl (C=O) groups is 1. The zero-order valence-electron chi connectivity index (χ0n) is 16.0. The standard InChI is InChI=1S/C22H19ClN4OS2/c23-17-8-10-18(11-9-17)27-20(13-16-5-2-1-3-6-16)25-26-22(27)30-15-21(28)24-14-19-7-4-12-29-19/h1-12H,13-15H2,(H,24,28). The number of thiophene rings is 1. The first-order valence-electron chi connectivity index (χ1n) is 9.35. The van der Waals surface area contributed by atoms with Crippen molar-refractivity contribution in [1.82, 2.24) is 20.1 Å². The van der Waals surface area contributed by atoms with Crippen molar-refractivity contribution in [2.45, 2.75) is 18.1 Å². The minimum atomic E-state index is -0.0383. The van der Waals surface area contributed by atoms with Crippen LogP contribution in [-0.2, 0) is 17.8 Å². The molecule has 0 atom stereocenters. The molecule has 5 nitrogen and oxygen atoms in total. The Balaban J connectivity index is 1.51. The fraction of sp³-hybridized carbons (Fsp3) is 0.136. The van der Waals surface area contributed by atoms with Gasteiger partial charge in [0.25, 0.3) is 0 Å². The lowest BCUT2D eigenvalue weighted by atomic mass is 10.1. The van der Waals surface area contributed by atoms with E-state index in [4.69, 9.17) is 11.6 Å². The molecule has 4 rings (SSSR count). The number of hydrogen-bond acceptors (Lipinski definition) is 5. The van der Waals surface area contributed by atoms with Gasteiger partial charge in [-0.05, 0) is 41.3 Å². The van der Waals surface area contributed by atoms with Gasteiger partial charge in [0.2, 0.25) is 5.91 Å². The zero-order chi connectivity index (χ0) is 20.8. The number of hydrogen-bond donors (Lipinski definition) is 1. The minimum absolute atomic E-state index is 0.0383. The summed E-state index contributed by atoms with van der Waals surface area (Å²) in [6.07, 6.45) is 0.640. The molecule has 0 saturated heterocycles. The lowest BCUT2D eigenvalue weighted by molar-refractivity contribution is -0.118. The van der Waals surface area contributed by atoms with Crippen LogP contribution in [0.15, 0.2) is 77.3 Å². The summed E-state index contributed by atoms with van der Waals surface area (Å²) in [5.74, 6) is 1.04. The van der Waals surface area contributed by atoms with Gasteiger partial charge in [-0.15, -0.1) is 21.5 Å². The Morgan fingerprint density at radius 1 is 1.03 bits per heavy atom. The summed E-state index contributed by atoms with van der Waals surface area (Å²) in [5.41, 5.74) is 2.06. The van der Waals surface area contributed by atoms with Crippen molar-refractivity contribution >= 4 is 40.6 Å². The van der Waals surface area contributed by atoms with Gasteiger partial charge in [0.15, 0.2) is 5.16 Å². The molecule has 0 aliphatic carbocycles. The van der Waals surface area contributed by atoms with Gasteiger partial charge < -0.3 is 5.32 Å². The smallest absolute Gasteiger partial charge is 0.230 e. The number of rotatable bonds is 8. The second-order valence-electron chi connectivity index (χ2n) is 6.52. The zero-order valence-corrected chi connectivity index (χ0v) is 18.4. The molecule has 0 bridgehead atoms. The van der Waals surface area contributed by atoms with E-state index in [1.165, 1.54) is 11.8 Å². The van der Waals surface area contributed by atoms with Gasteiger partial charge in [-0.3, -0.25) is 9.36 Å². The number of nitrogens with one attached hydrogen (secondary N) is 1. The first-order chi connectivity index (χ1) is 14.7. The molecule has 2 heterocycles. The summed E-state index contributed by atoms with van der Waals surface area (Å²) in [4.78, 5) is 13.4. The molecule has 0 aliphatic rings. The number of amides is 1. The normalized spacial score (nSPS) is 10.8. The van der Waals surface area contributed by atoms with Gasteiger partial charge in [-0.25, -0.2) is 0 Å². The summed E-state index contributed by atoms with van der Waals surface area (Å²) < 4.78 is 1.99. The van der Waals surface area contributed by atoms with Gasteiger partial charge in [0, 0.05) is 22.0 Å². The lowest BCUT2D eigenvalue weighted by Gasteiger charge is -2.11. The summed E-state index contributed by atoms with van der Waals surface area (Å²) >= 11 is 9.06. The quantitative estimate of drug-likeness (QED) is 0.381. The van der Waals surface area contributed by atoms with Crippen molar-refractivity contribution < 1.29 is 4.79 Å². The van der Waals surface area contributed by atoms with Crippen LogP contribution in [0, 0.1) is 0 Å². The molecule has 0 saturated carbocycles. The van der Waals surface area contributed by atoms with E-state index >= 15 is 0 Å². The van der Waals surface area contributed by atoms with Gasteiger partial charge >= 0.3 is 0 Å². The molecule has 0 spiro atoms. The van der Waals surface area contributed by atoms with Crippen molar-refractivity contribution in [2.24, 2.45) is 0 Å². The van der Waals surface area contributed by atoms with Crippen molar-refractivity contribution in [3.63, 3.8) is 0 Å². The minimum Gasteiger partial charge on any atom is -0.350 e. The fourth-order valence-corrected chi connectivity index (χ4v) is 4.49. The molecule has 4 aromatic rings. The fourth-order valence-electron chi connectivity index (χ4n) is 2.92. The average Bonchev–Trinajstić information content (AvgIpc) is 3.42. The van der Waals surface area contributed by atoms with Crippen LogP contribution in [0.1, 0.15) is 16.3 Å². The molecule has 0 fully saturated rings. The van der Waals surface area contributed by atoms with E-state index in [9.17, 15) is 4.79 Å². The van der Waals surface area contributed by atoms with Crippen LogP contribution < -0.4 is 5.32 Å². The second kappa shape index (κ2) is 9.93. The molecule has 1 amide bonds. The molecular formula is C22H19ClN4OS2. The first-order valence-corrected chi connectivity index (χ1v) is 11.6. The summed E-state index contributed by atoms with van der Waals surface area (Å²) in [6, 6.07) is 21.6. The molecule has 2 aromatic carbocycles. The van der Waals surface area contributed by atoms with E-state index in [1.54, 1.807) is 11.3 Å². The molecular weight excluding hydrogens is 436 g/mol. The maximum absolute atomic E-state index is 12.3. The molecule has 1 N–H and O–H groups in total. The maximum atomic E-state index is 12.3. The third-order valence-corrected chi connectivity index (χ3v) is 6.42. The van der Waals surface area contributed by atoms with E-state index in [0.29, 0.717) is 23.1 Å². The van der Waals surface area contributed by atoms with Crippen LogP contribution in [0.3, 0.4) is 0 Å². The van der Waals surface area contributed by atoms with E-state index in [0.717, 1.165) is 22.0 Å². The lowest BCUT2D eigenvalue weighted by Crippen LogP contribution is -2.24. The molecule has 0 radical (unpaired) electrons. The molecule has 8 heteroatoms. The Morgan fingerprint density at radius 3 is 2.57 bits per heavy atom. The predicted octanol–water partition coefficient (Wildman–Crippen LogP) is 4.98. The topological polar surface area (TPSA) is 59.8 Å². The van der Waals surface area contributed by atoms with Crippen LogP contribution in [0.2, 0.25) is 5.02 Å². The summed E-state index contributed by atoms with van der Waals surface area (Å²) in [5, 5.41) is 15.0. The predicted molar refractivity (Wildman–Crippen MR) is 123 cm³/mol. The number of benzene rings is 2. The molecule has 2 aromatic heterocycles. The molecule has 30 heavy (non-hydrogen) atoms. The number of aromatic nitrogens is 3. The third-order valence-electron chi connectivity index (χ3n) is 4.36. The SMILES string of the molecule is O=C(CSc1nnc(Cc2ccccc2)n1-c1ccc(Cl)cc1)NCc1cccs1. The monoisotopic (exact) mass is 454 g/mol. The summed E-state index contributed by atoms with van der Waals surface area (Å²) in [6.45, 7) is 0.542. The third kappa shape index (κ3) is 5.30. The average molecular weight is 455 g/mol. The highest BCUT2D eigenvalue weighted by molar-refractivity contribution is 7.99. The number of thioether (sulfide) groups is 1. The van der Waals surface area contributed by atoms with Gasteiger partial charge in [0.1, 0.15) is 5.82 Å². The Bertz CT molecular complexity index is 1100. The highest BCUT2D eigenvalue weighted by Crippen LogP contribution is 2.24. The van der Waals surface area contributed by atoms with E-state index in [1.807, 2.05) is 64.5 Å². The molecule has 152 valence electrons. The van der Waals surface area contributed by atoms with Gasteiger partial charge in [-0.2, -0.15) is 0 Å². The Morgan fingerprint density at radius 2 is 1.83 bits per heavy atom. The number of nitrogens with zero attached hydrogens (tertiary/aromatic N) is 3. The molecule has 0 unspecified atom stereocenters. The van der Waals surface area contributed by atoms with Crippen LogP contribution in [0.5, 0.6) is 0 Å². The second-order valence-corrected chi connectivity index (χ2v) is 8.93. The van der Waals surface area contributed by atoms with E-state index in [2.05, 4.69) is 27.6 Å². The molecule has 0 aliphatic heterocycles.